The SMILES string of the molecule is COc1ccc(CNC(=O)[C@H](C)Nc2ccc(OC)cc2)cc1. The molecule has 0 aromatic heterocycles. The van der Waals surface area contributed by atoms with Gasteiger partial charge in [-0.3, -0.25) is 4.79 Å². The third kappa shape index (κ3) is 4.92. The van der Waals surface area contributed by atoms with Gasteiger partial charge in [0.25, 0.3) is 0 Å². The van der Waals surface area contributed by atoms with Gasteiger partial charge in [-0.25, -0.2) is 0 Å². The molecule has 23 heavy (non-hydrogen) atoms. The molecule has 2 N–H and O–H groups in total. The molecule has 1 amide bonds. The van der Waals surface area contributed by atoms with Crippen molar-refractivity contribution >= 4 is 11.6 Å². The molecule has 0 heterocycles. The average Bonchev–Trinajstić information content (AvgIpc) is 2.60. The van der Waals surface area contributed by atoms with Crippen LogP contribution in [0.4, 0.5) is 5.69 Å². The van der Waals surface area contributed by atoms with Crippen molar-refractivity contribution < 1.29 is 14.3 Å². The molecule has 2 aromatic rings. The maximum absolute atomic E-state index is 12.1. The maximum Gasteiger partial charge on any atom is 0.242 e. The largest absolute Gasteiger partial charge is 0.497 e. The van der Waals surface area contributed by atoms with Crippen LogP contribution in [-0.2, 0) is 11.3 Å². The molecule has 0 aliphatic heterocycles. The predicted octanol–water partition coefficient (Wildman–Crippen LogP) is 2.82. The number of carbonyl (C=O) groups is 1. The summed E-state index contributed by atoms with van der Waals surface area (Å²) in [5, 5.41) is 6.07. The zero-order valence-corrected chi connectivity index (χ0v) is 13.6. The molecule has 0 radical (unpaired) electrons. The van der Waals surface area contributed by atoms with E-state index in [2.05, 4.69) is 10.6 Å². The average molecular weight is 314 g/mol. The van der Waals surface area contributed by atoms with Crippen molar-refractivity contribution in [3.8, 4) is 11.5 Å². The van der Waals surface area contributed by atoms with Gasteiger partial charge in [-0.1, -0.05) is 12.1 Å². The molecule has 5 nitrogen and oxygen atoms in total. The second kappa shape index (κ2) is 8.08. The first-order valence-corrected chi connectivity index (χ1v) is 7.43. The minimum absolute atomic E-state index is 0.0587. The van der Waals surface area contributed by atoms with E-state index in [1.165, 1.54) is 0 Å². The van der Waals surface area contributed by atoms with Crippen LogP contribution in [0.1, 0.15) is 12.5 Å². The van der Waals surface area contributed by atoms with Crippen molar-refractivity contribution in [2.45, 2.75) is 19.5 Å². The van der Waals surface area contributed by atoms with Gasteiger partial charge in [0, 0.05) is 12.2 Å². The van der Waals surface area contributed by atoms with E-state index in [1.807, 2.05) is 55.5 Å². The number of rotatable bonds is 7. The number of benzene rings is 2. The second-order valence-corrected chi connectivity index (χ2v) is 5.16. The summed E-state index contributed by atoms with van der Waals surface area (Å²) in [7, 11) is 3.25. The van der Waals surface area contributed by atoms with Crippen LogP contribution in [0, 0.1) is 0 Å². The van der Waals surface area contributed by atoms with Crippen LogP contribution >= 0.6 is 0 Å². The van der Waals surface area contributed by atoms with Gasteiger partial charge in [0.1, 0.15) is 17.5 Å². The zero-order valence-electron chi connectivity index (χ0n) is 13.6. The lowest BCUT2D eigenvalue weighted by atomic mass is 10.2. The molecular formula is C18H22N2O3. The fourth-order valence-corrected chi connectivity index (χ4v) is 2.09. The molecule has 2 rings (SSSR count). The Morgan fingerprint density at radius 2 is 1.48 bits per heavy atom. The van der Waals surface area contributed by atoms with E-state index < -0.39 is 0 Å². The fourth-order valence-electron chi connectivity index (χ4n) is 2.09. The van der Waals surface area contributed by atoms with Gasteiger partial charge in [0.05, 0.1) is 14.2 Å². The van der Waals surface area contributed by atoms with Crippen molar-refractivity contribution in [1.29, 1.82) is 0 Å². The Morgan fingerprint density at radius 3 is 2.00 bits per heavy atom. The molecule has 0 unspecified atom stereocenters. The summed E-state index contributed by atoms with van der Waals surface area (Å²) in [6.45, 7) is 2.31. The quantitative estimate of drug-likeness (QED) is 0.825. The van der Waals surface area contributed by atoms with Crippen LogP contribution in [0.3, 0.4) is 0 Å². The maximum atomic E-state index is 12.1. The molecule has 0 saturated heterocycles. The molecule has 5 heteroatoms. The number of amides is 1. The third-order valence-electron chi connectivity index (χ3n) is 3.49. The summed E-state index contributed by atoms with van der Waals surface area (Å²) >= 11 is 0. The van der Waals surface area contributed by atoms with E-state index in [4.69, 9.17) is 9.47 Å². The number of ether oxygens (including phenoxy) is 2. The number of anilines is 1. The van der Waals surface area contributed by atoms with Gasteiger partial charge in [-0.05, 0) is 48.9 Å². The highest BCUT2D eigenvalue weighted by Gasteiger charge is 2.12. The van der Waals surface area contributed by atoms with E-state index in [0.717, 1.165) is 22.7 Å². The molecule has 2 aromatic carbocycles. The Kier molecular flexibility index (Phi) is 5.86. The number of nitrogens with one attached hydrogen (secondary N) is 2. The lowest BCUT2D eigenvalue weighted by Crippen LogP contribution is -2.37. The monoisotopic (exact) mass is 314 g/mol. The molecule has 0 fully saturated rings. The van der Waals surface area contributed by atoms with E-state index >= 15 is 0 Å². The second-order valence-electron chi connectivity index (χ2n) is 5.16. The van der Waals surface area contributed by atoms with Crippen LogP contribution in [0.2, 0.25) is 0 Å². The van der Waals surface area contributed by atoms with Gasteiger partial charge >= 0.3 is 0 Å². The number of hydrogen-bond donors (Lipinski definition) is 2. The van der Waals surface area contributed by atoms with Crippen molar-refractivity contribution in [1.82, 2.24) is 5.32 Å². The normalized spacial score (nSPS) is 11.4. The Hall–Kier alpha value is -2.69. The Bertz CT molecular complexity index is 624. The highest BCUT2D eigenvalue weighted by molar-refractivity contribution is 5.84. The Morgan fingerprint density at radius 1 is 0.957 bits per heavy atom. The van der Waals surface area contributed by atoms with Crippen molar-refractivity contribution in [3.63, 3.8) is 0 Å². The van der Waals surface area contributed by atoms with Gasteiger partial charge < -0.3 is 20.1 Å². The summed E-state index contributed by atoms with van der Waals surface area (Å²) in [6.07, 6.45) is 0. The summed E-state index contributed by atoms with van der Waals surface area (Å²) in [4.78, 5) is 12.1. The van der Waals surface area contributed by atoms with Gasteiger partial charge in [-0.2, -0.15) is 0 Å². The zero-order chi connectivity index (χ0) is 16.7. The van der Waals surface area contributed by atoms with Crippen LogP contribution in [-0.4, -0.2) is 26.2 Å². The molecule has 122 valence electrons. The van der Waals surface area contributed by atoms with Gasteiger partial charge in [0.15, 0.2) is 0 Å². The smallest absolute Gasteiger partial charge is 0.242 e. The molecule has 0 aliphatic rings. The minimum atomic E-state index is -0.332. The Balaban J connectivity index is 1.83. The number of carbonyl (C=O) groups excluding carboxylic acids is 1. The van der Waals surface area contributed by atoms with E-state index in [0.29, 0.717) is 6.54 Å². The topological polar surface area (TPSA) is 59.6 Å². The van der Waals surface area contributed by atoms with E-state index in [9.17, 15) is 4.79 Å². The summed E-state index contributed by atoms with van der Waals surface area (Å²) < 4.78 is 10.2. The molecular weight excluding hydrogens is 292 g/mol. The van der Waals surface area contributed by atoms with Gasteiger partial charge in [-0.15, -0.1) is 0 Å². The fraction of sp³-hybridized carbons (Fsp3) is 0.278. The first-order valence-electron chi connectivity index (χ1n) is 7.43. The first kappa shape index (κ1) is 16.7. The predicted molar refractivity (Wildman–Crippen MR) is 90.9 cm³/mol. The standard InChI is InChI=1S/C18H22N2O3/c1-13(20-15-6-10-17(23-3)11-7-15)18(21)19-12-14-4-8-16(22-2)9-5-14/h4-11,13,20H,12H2,1-3H3,(H,19,21)/t13-/m0/s1. The number of hydrogen-bond acceptors (Lipinski definition) is 4. The van der Waals surface area contributed by atoms with Crippen LogP contribution in [0.5, 0.6) is 11.5 Å². The van der Waals surface area contributed by atoms with E-state index in [1.54, 1.807) is 14.2 Å². The lowest BCUT2D eigenvalue weighted by molar-refractivity contribution is -0.121. The van der Waals surface area contributed by atoms with Crippen molar-refractivity contribution in [2.24, 2.45) is 0 Å². The van der Waals surface area contributed by atoms with Crippen LogP contribution in [0.25, 0.3) is 0 Å². The molecule has 0 bridgehead atoms. The molecule has 0 spiro atoms. The van der Waals surface area contributed by atoms with Crippen molar-refractivity contribution in [3.05, 3.63) is 54.1 Å². The summed E-state index contributed by atoms with van der Waals surface area (Å²) in [6, 6.07) is 14.7. The Labute approximate surface area is 136 Å². The summed E-state index contributed by atoms with van der Waals surface area (Å²) in [5.74, 6) is 1.53. The molecule has 1 atom stereocenters. The van der Waals surface area contributed by atoms with Gasteiger partial charge in [0.2, 0.25) is 5.91 Å². The molecule has 0 saturated carbocycles. The van der Waals surface area contributed by atoms with E-state index in [-0.39, 0.29) is 11.9 Å². The van der Waals surface area contributed by atoms with Crippen LogP contribution < -0.4 is 20.1 Å². The highest BCUT2D eigenvalue weighted by Crippen LogP contribution is 2.16. The summed E-state index contributed by atoms with van der Waals surface area (Å²) in [5.41, 5.74) is 1.90. The first-order chi connectivity index (χ1) is 11.1. The number of methoxy groups -OCH3 is 2. The molecule has 0 aliphatic carbocycles. The highest BCUT2D eigenvalue weighted by atomic mass is 16.5. The minimum Gasteiger partial charge on any atom is -0.497 e. The lowest BCUT2D eigenvalue weighted by Gasteiger charge is -2.15. The van der Waals surface area contributed by atoms with Crippen LogP contribution in [0.15, 0.2) is 48.5 Å². The van der Waals surface area contributed by atoms with Crippen molar-refractivity contribution in [2.75, 3.05) is 19.5 Å². The third-order valence-corrected chi connectivity index (χ3v) is 3.49.